The van der Waals surface area contributed by atoms with E-state index >= 15 is 0 Å². The van der Waals surface area contributed by atoms with E-state index in [1.165, 1.54) is 6.42 Å². The molecule has 4 nitrogen and oxygen atoms in total. The summed E-state index contributed by atoms with van der Waals surface area (Å²) in [6.45, 7) is 5.76. The van der Waals surface area contributed by atoms with Crippen LogP contribution in [-0.4, -0.2) is 28.2 Å². The third-order valence-corrected chi connectivity index (χ3v) is 4.42. The van der Waals surface area contributed by atoms with Crippen LogP contribution in [0.25, 0.3) is 0 Å². The fourth-order valence-corrected chi connectivity index (χ4v) is 3.11. The predicted octanol–water partition coefficient (Wildman–Crippen LogP) is 2.76. The zero-order valence-corrected chi connectivity index (χ0v) is 13.2. The Morgan fingerprint density at radius 1 is 1.40 bits per heavy atom. The molecule has 0 aliphatic carbocycles. The highest BCUT2D eigenvalue weighted by Gasteiger charge is 2.23. The van der Waals surface area contributed by atoms with Crippen molar-refractivity contribution in [2.45, 2.75) is 65.0 Å². The standard InChI is InChI=1S/C15H24ClN3O/c1-3-11-15(16)13(19(4-2)18-11)10-14(20)12-8-6-5-7-9-17-12/h12,17H,3-10H2,1-2H3. The Morgan fingerprint density at radius 3 is 2.90 bits per heavy atom. The second-order valence-electron chi connectivity index (χ2n) is 5.38. The lowest BCUT2D eigenvalue weighted by atomic mass is 10.0. The molecule has 1 fully saturated rings. The van der Waals surface area contributed by atoms with E-state index in [1.807, 2.05) is 18.5 Å². The monoisotopic (exact) mass is 297 g/mol. The highest BCUT2D eigenvalue weighted by molar-refractivity contribution is 6.32. The van der Waals surface area contributed by atoms with Crippen molar-refractivity contribution in [2.24, 2.45) is 0 Å². The molecule has 0 bridgehead atoms. The van der Waals surface area contributed by atoms with Gasteiger partial charge >= 0.3 is 0 Å². The molecule has 1 atom stereocenters. The molecule has 1 saturated heterocycles. The van der Waals surface area contributed by atoms with Gasteiger partial charge in [-0.15, -0.1) is 0 Å². The van der Waals surface area contributed by atoms with Gasteiger partial charge in [0.1, 0.15) is 0 Å². The molecule has 2 heterocycles. The molecule has 0 radical (unpaired) electrons. The molecule has 5 heteroatoms. The fourth-order valence-electron chi connectivity index (χ4n) is 2.78. The lowest BCUT2D eigenvalue weighted by molar-refractivity contribution is -0.120. The number of hydrogen-bond donors (Lipinski definition) is 1. The minimum atomic E-state index is -0.0150. The number of rotatable bonds is 5. The number of carbonyl (C=O) groups is 1. The smallest absolute Gasteiger partial charge is 0.155 e. The molecule has 0 amide bonds. The van der Waals surface area contributed by atoms with Gasteiger partial charge in [0.2, 0.25) is 0 Å². The van der Waals surface area contributed by atoms with Crippen LogP contribution in [0, 0.1) is 0 Å². The van der Waals surface area contributed by atoms with E-state index in [9.17, 15) is 4.79 Å². The molecule has 1 aromatic rings. The summed E-state index contributed by atoms with van der Waals surface area (Å²) in [7, 11) is 0. The van der Waals surface area contributed by atoms with Gasteiger partial charge in [-0.1, -0.05) is 31.4 Å². The largest absolute Gasteiger partial charge is 0.307 e. The molecule has 0 saturated carbocycles. The first-order valence-electron chi connectivity index (χ1n) is 7.67. The van der Waals surface area contributed by atoms with Gasteiger partial charge in [0.05, 0.1) is 28.9 Å². The highest BCUT2D eigenvalue weighted by Crippen LogP contribution is 2.23. The van der Waals surface area contributed by atoms with Crippen LogP contribution in [-0.2, 0) is 24.2 Å². The van der Waals surface area contributed by atoms with Crippen molar-refractivity contribution in [2.75, 3.05) is 6.54 Å². The van der Waals surface area contributed by atoms with Crippen LogP contribution < -0.4 is 5.32 Å². The summed E-state index contributed by atoms with van der Waals surface area (Å²) in [4.78, 5) is 12.5. The highest BCUT2D eigenvalue weighted by atomic mass is 35.5. The van der Waals surface area contributed by atoms with Gasteiger partial charge in [0, 0.05) is 6.54 Å². The molecule has 20 heavy (non-hydrogen) atoms. The van der Waals surface area contributed by atoms with Gasteiger partial charge in [-0.25, -0.2) is 0 Å². The number of halogens is 1. The van der Waals surface area contributed by atoms with Gasteiger partial charge in [0.15, 0.2) is 5.78 Å². The first-order valence-corrected chi connectivity index (χ1v) is 8.05. The van der Waals surface area contributed by atoms with Crippen molar-refractivity contribution in [3.8, 4) is 0 Å². The lowest BCUT2D eigenvalue weighted by Gasteiger charge is -2.15. The Labute approximate surface area is 125 Å². The Balaban J connectivity index is 2.12. The molecule has 2 rings (SSSR count). The predicted molar refractivity (Wildman–Crippen MR) is 81.3 cm³/mol. The van der Waals surface area contributed by atoms with Crippen LogP contribution in [0.4, 0.5) is 0 Å². The molecule has 0 spiro atoms. The maximum absolute atomic E-state index is 12.5. The van der Waals surface area contributed by atoms with Gasteiger partial charge < -0.3 is 5.32 Å². The van der Waals surface area contributed by atoms with Crippen molar-refractivity contribution in [3.05, 3.63) is 16.4 Å². The van der Waals surface area contributed by atoms with Crippen molar-refractivity contribution >= 4 is 17.4 Å². The third kappa shape index (κ3) is 3.41. The zero-order valence-electron chi connectivity index (χ0n) is 12.4. The normalized spacial score (nSPS) is 19.9. The molecule has 112 valence electrons. The van der Waals surface area contributed by atoms with E-state index in [1.54, 1.807) is 0 Å². The minimum Gasteiger partial charge on any atom is -0.307 e. The minimum absolute atomic E-state index is 0.0150. The number of ketones is 1. The van der Waals surface area contributed by atoms with E-state index in [4.69, 9.17) is 11.6 Å². The van der Waals surface area contributed by atoms with Crippen LogP contribution in [0.2, 0.25) is 5.02 Å². The van der Waals surface area contributed by atoms with Crippen molar-refractivity contribution in [3.63, 3.8) is 0 Å². The van der Waals surface area contributed by atoms with Gasteiger partial charge in [-0.3, -0.25) is 9.48 Å². The first-order chi connectivity index (χ1) is 9.67. The van der Waals surface area contributed by atoms with E-state index in [-0.39, 0.29) is 11.8 Å². The molecule has 1 aliphatic rings. The van der Waals surface area contributed by atoms with Crippen LogP contribution in [0.1, 0.15) is 50.9 Å². The maximum Gasteiger partial charge on any atom is 0.155 e. The van der Waals surface area contributed by atoms with Crippen LogP contribution in [0.15, 0.2) is 0 Å². The molecular formula is C15H24ClN3O. The number of hydrogen-bond acceptors (Lipinski definition) is 3. The quantitative estimate of drug-likeness (QED) is 0.909. The Morgan fingerprint density at radius 2 is 2.20 bits per heavy atom. The van der Waals surface area contributed by atoms with E-state index in [0.717, 1.165) is 50.2 Å². The average Bonchev–Trinajstić information content (AvgIpc) is 2.65. The first kappa shape index (κ1) is 15.5. The Hall–Kier alpha value is -0.870. The SMILES string of the molecule is CCc1nn(CC)c(CC(=O)C2CCCCCN2)c1Cl. The fraction of sp³-hybridized carbons (Fsp3) is 0.733. The summed E-state index contributed by atoms with van der Waals surface area (Å²) in [5.74, 6) is 0.242. The van der Waals surface area contributed by atoms with Crippen molar-refractivity contribution in [1.29, 1.82) is 0 Å². The lowest BCUT2D eigenvalue weighted by Crippen LogP contribution is -2.37. The zero-order chi connectivity index (χ0) is 14.5. The number of carbonyl (C=O) groups excluding carboxylic acids is 1. The van der Waals surface area contributed by atoms with E-state index in [0.29, 0.717) is 11.4 Å². The number of aryl methyl sites for hydroxylation is 2. The maximum atomic E-state index is 12.5. The summed E-state index contributed by atoms with van der Waals surface area (Å²) in [6.07, 6.45) is 5.63. The third-order valence-electron chi connectivity index (χ3n) is 3.98. The number of nitrogens with one attached hydrogen (secondary N) is 1. The summed E-state index contributed by atoms with van der Waals surface area (Å²) in [5, 5.41) is 8.51. The Kier molecular flexibility index (Phi) is 5.61. The molecule has 1 aliphatic heterocycles. The molecule has 0 aromatic carbocycles. The molecule has 1 unspecified atom stereocenters. The topological polar surface area (TPSA) is 46.9 Å². The average molecular weight is 298 g/mol. The van der Waals surface area contributed by atoms with Crippen LogP contribution in [0.5, 0.6) is 0 Å². The van der Waals surface area contributed by atoms with E-state index < -0.39 is 0 Å². The Bertz CT molecular complexity index is 462. The van der Waals surface area contributed by atoms with Gasteiger partial charge in [-0.05, 0) is 32.7 Å². The van der Waals surface area contributed by atoms with E-state index in [2.05, 4.69) is 10.4 Å². The molecular weight excluding hydrogens is 274 g/mol. The summed E-state index contributed by atoms with van der Waals surface area (Å²) in [5.41, 5.74) is 1.77. The number of Topliss-reactive ketones (excluding diaryl/α,β-unsaturated/α-hetero) is 1. The van der Waals surface area contributed by atoms with Crippen molar-refractivity contribution < 1.29 is 4.79 Å². The molecule has 1 N–H and O–H groups in total. The second kappa shape index (κ2) is 7.23. The van der Waals surface area contributed by atoms with Crippen LogP contribution in [0.3, 0.4) is 0 Å². The second-order valence-corrected chi connectivity index (χ2v) is 5.75. The van der Waals surface area contributed by atoms with Gasteiger partial charge in [0.25, 0.3) is 0 Å². The van der Waals surface area contributed by atoms with Crippen LogP contribution >= 0.6 is 11.6 Å². The number of aromatic nitrogens is 2. The summed E-state index contributed by atoms with van der Waals surface area (Å²) in [6, 6.07) is -0.0150. The molecule has 1 aromatic heterocycles. The van der Waals surface area contributed by atoms with Crippen molar-refractivity contribution in [1.82, 2.24) is 15.1 Å². The van der Waals surface area contributed by atoms with Gasteiger partial charge in [-0.2, -0.15) is 5.10 Å². The number of nitrogens with zero attached hydrogens (tertiary/aromatic N) is 2. The summed E-state index contributed by atoms with van der Waals surface area (Å²) >= 11 is 6.37. The summed E-state index contributed by atoms with van der Waals surface area (Å²) < 4.78 is 1.87.